The highest BCUT2D eigenvalue weighted by atomic mass is 79.9. The summed E-state index contributed by atoms with van der Waals surface area (Å²) in [5, 5.41) is 2.13. The summed E-state index contributed by atoms with van der Waals surface area (Å²) in [5.41, 5.74) is 6.45. The number of hydrogen-bond acceptors (Lipinski definition) is 3. The van der Waals surface area contributed by atoms with E-state index in [1.807, 2.05) is 0 Å². The molecule has 0 amide bonds. The molecule has 108 valence electrons. The molecular weight excluding hydrogens is 322 g/mol. The maximum absolute atomic E-state index is 6.55. The molecule has 1 aliphatic carbocycles. The molecule has 1 fully saturated rings. The maximum atomic E-state index is 6.55. The van der Waals surface area contributed by atoms with Gasteiger partial charge in [-0.2, -0.15) is 0 Å². The number of nitrogens with two attached hydrogens (primary N) is 1. The van der Waals surface area contributed by atoms with Crippen LogP contribution in [-0.2, 0) is 11.2 Å². The second-order valence-electron chi connectivity index (χ2n) is 5.45. The Labute approximate surface area is 128 Å². The number of ether oxygens (including phenoxy) is 1. The average molecular weight is 346 g/mol. The fourth-order valence-electron chi connectivity index (χ4n) is 3.10. The van der Waals surface area contributed by atoms with Crippen LogP contribution in [0, 0.1) is 0 Å². The summed E-state index contributed by atoms with van der Waals surface area (Å²) >= 11 is 5.29. The smallest absolute Gasteiger partial charge is 0.0836 e. The van der Waals surface area contributed by atoms with E-state index in [1.54, 1.807) is 11.3 Å². The van der Waals surface area contributed by atoms with Gasteiger partial charge in [-0.1, -0.05) is 25.7 Å². The summed E-state index contributed by atoms with van der Waals surface area (Å²) in [5.74, 6) is 0. The molecule has 0 bridgehead atoms. The van der Waals surface area contributed by atoms with Crippen molar-refractivity contribution in [1.29, 1.82) is 0 Å². The van der Waals surface area contributed by atoms with Crippen molar-refractivity contribution in [2.45, 2.75) is 63.5 Å². The normalized spacial score (nSPS) is 21.0. The zero-order chi connectivity index (χ0) is 13.7. The van der Waals surface area contributed by atoms with E-state index in [9.17, 15) is 0 Å². The van der Waals surface area contributed by atoms with E-state index in [0.29, 0.717) is 0 Å². The molecule has 2 N–H and O–H groups in total. The number of thiophene rings is 1. The van der Waals surface area contributed by atoms with Gasteiger partial charge in [0.05, 0.1) is 5.60 Å². The van der Waals surface area contributed by atoms with Gasteiger partial charge in [0.2, 0.25) is 0 Å². The summed E-state index contributed by atoms with van der Waals surface area (Å²) < 4.78 is 7.32. The van der Waals surface area contributed by atoms with E-state index in [1.165, 1.54) is 30.6 Å². The van der Waals surface area contributed by atoms with Gasteiger partial charge in [0, 0.05) is 27.4 Å². The molecule has 1 saturated carbocycles. The minimum atomic E-state index is -0.0955. The average Bonchev–Trinajstić information content (AvgIpc) is 2.65. The van der Waals surface area contributed by atoms with E-state index in [2.05, 4.69) is 34.3 Å². The van der Waals surface area contributed by atoms with E-state index in [-0.39, 0.29) is 11.6 Å². The summed E-state index contributed by atoms with van der Waals surface area (Å²) in [6, 6.07) is 2.29. The highest BCUT2D eigenvalue weighted by Crippen LogP contribution is 2.35. The molecule has 0 radical (unpaired) electrons. The van der Waals surface area contributed by atoms with Crippen LogP contribution in [0.4, 0.5) is 0 Å². The van der Waals surface area contributed by atoms with Crippen LogP contribution in [0.25, 0.3) is 0 Å². The van der Waals surface area contributed by atoms with E-state index < -0.39 is 0 Å². The molecule has 2 nitrogen and oxygen atoms in total. The summed E-state index contributed by atoms with van der Waals surface area (Å²) in [6.45, 7) is 2.85. The molecule has 19 heavy (non-hydrogen) atoms. The topological polar surface area (TPSA) is 35.2 Å². The summed E-state index contributed by atoms with van der Waals surface area (Å²) in [7, 11) is 0. The Morgan fingerprint density at radius 1 is 1.37 bits per heavy atom. The Morgan fingerprint density at radius 2 is 2.05 bits per heavy atom. The van der Waals surface area contributed by atoms with Crippen LogP contribution in [0.15, 0.2) is 15.9 Å². The molecule has 4 heteroatoms. The fraction of sp³-hybridized carbons (Fsp3) is 0.733. The van der Waals surface area contributed by atoms with Gasteiger partial charge in [0.25, 0.3) is 0 Å². The van der Waals surface area contributed by atoms with Crippen molar-refractivity contribution in [3.8, 4) is 0 Å². The molecule has 1 aliphatic rings. The van der Waals surface area contributed by atoms with Gasteiger partial charge in [0.1, 0.15) is 0 Å². The zero-order valence-corrected chi connectivity index (χ0v) is 14.1. The van der Waals surface area contributed by atoms with Crippen LogP contribution < -0.4 is 5.73 Å². The molecule has 0 aliphatic heterocycles. The van der Waals surface area contributed by atoms with Gasteiger partial charge in [-0.25, -0.2) is 0 Å². The number of halogens is 1. The third-order valence-electron chi connectivity index (χ3n) is 4.10. The summed E-state index contributed by atoms with van der Waals surface area (Å²) in [4.78, 5) is 1.35. The molecule has 0 aromatic carbocycles. The Hall–Kier alpha value is 0.1000. The molecule has 1 heterocycles. The number of hydrogen-bond donors (Lipinski definition) is 1. The fourth-order valence-corrected chi connectivity index (χ4v) is 4.61. The van der Waals surface area contributed by atoms with Gasteiger partial charge in [-0.05, 0) is 48.2 Å². The van der Waals surface area contributed by atoms with Crippen molar-refractivity contribution in [2.75, 3.05) is 6.61 Å². The van der Waals surface area contributed by atoms with Crippen LogP contribution >= 0.6 is 27.3 Å². The predicted octanol–water partition coefficient (Wildman–Crippen LogP) is 4.51. The molecule has 0 spiro atoms. The molecule has 1 aromatic heterocycles. The third-order valence-corrected chi connectivity index (χ3v) is 5.82. The van der Waals surface area contributed by atoms with Crippen molar-refractivity contribution in [2.24, 2.45) is 5.73 Å². The van der Waals surface area contributed by atoms with E-state index in [0.717, 1.165) is 30.3 Å². The van der Waals surface area contributed by atoms with Crippen molar-refractivity contribution in [1.82, 2.24) is 0 Å². The summed E-state index contributed by atoms with van der Waals surface area (Å²) in [6.07, 6.45) is 8.32. The van der Waals surface area contributed by atoms with E-state index >= 15 is 0 Å². The first-order chi connectivity index (χ1) is 9.16. The minimum Gasteiger partial charge on any atom is -0.374 e. The van der Waals surface area contributed by atoms with Crippen LogP contribution in [-0.4, -0.2) is 18.2 Å². The predicted molar refractivity (Wildman–Crippen MR) is 85.8 cm³/mol. The van der Waals surface area contributed by atoms with Gasteiger partial charge >= 0.3 is 0 Å². The largest absolute Gasteiger partial charge is 0.374 e. The van der Waals surface area contributed by atoms with Crippen LogP contribution in [0.1, 0.15) is 50.3 Å². The first-order valence-corrected chi connectivity index (χ1v) is 8.96. The SMILES string of the molecule is CCOC1(C(N)Cc2cc(Br)cs2)CCCCCC1. The minimum absolute atomic E-state index is 0.0955. The second-order valence-corrected chi connectivity index (χ2v) is 7.37. The zero-order valence-electron chi connectivity index (χ0n) is 11.7. The van der Waals surface area contributed by atoms with Crippen LogP contribution in [0.3, 0.4) is 0 Å². The Bertz CT molecular complexity index is 385. The van der Waals surface area contributed by atoms with Gasteiger partial charge < -0.3 is 10.5 Å². The molecule has 1 aromatic rings. The van der Waals surface area contributed by atoms with Crippen LogP contribution in [0.5, 0.6) is 0 Å². The van der Waals surface area contributed by atoms with Crippen molar-refractivity contribution in [3.05, 3.63) is 20.8 Å². The van der Waals surface area contributed by atoms with Gasteiger partial charge in [0.15, 0.2) is 0 Å². The lowest BCUT2D eigenvalue weighted by molar-refractivity contribution is -0.0682. The van der Waals surface area contributed by atoms with E-state index in [4.69, 9.17) is 10.5 Å². The lowest BCUT2D eigenvalue weighted by Gasteiger charge is -2.38. The molecule has 1 atom stereocenters. The first-order valence-electron chi connectivity index (χ1n) is 7.29. The third kappa shape index (κ3) is 4.03. The lowest BCUT2D eigenvalue weighted by Crippen LogP contribution is -2.51. The highest BCUT2D eigenvalue weighted by molar-refractivity contribution is 9.10. The molecular formula is C15H24BrNOS. The molecule has 2 rings (SSSR count). The lowest BCUT2D eigenvalue weighted by atomic mass is 9.84. The maximum Gasteiger partial charge on any atom is 0.0836 e. The first kappa shape index (κ1) is 15.5. The number of rotatable bonds is 5. The van der Waals surface area contributed by atoms with Crippen molar-refractivity contribution < 1.29 is 4.74 Å². The second kappa shape index (κ2) is 7.21. The Morgan fingerprint density at radius 3 is 2.58 bits per heavy atom. The standard InChI is InChI=1S/C15H24BrNOS/c1-2-18-15(7-5-3-4-6-8-15)14(17)10-13-9-12(16)11-19-13/h9,11,14H,2-8,10,17H2,1H3. The van der Waals surface area contributed by atoms with Crippen LogP contribution in [0.2, 0.25) is 0 Å². The van der Waals surface area contributed by atoms with Gasteiger partial charge in [-0.3, -0.25) is 0 Å². The van der Waals surface area contributed by atoms with Crippen molar-refractivity contribution >= 4 is 27.3 Å². The molecule has 0 saturated heterocycles. The quantitative estimate of drug-likeness (QED) is 0.796. The van der Waals surface area contributed by atoms with Crippen molar-refractivity contribution in [3.63, 3.8) is 0 Å². The van der Waals surface area contributed by atoms with Gasteiger partial charge in [-0.15, -0.1) is 11.3 Å². The highest BCUT2D eigenvalue weighted by Gasteiger charge is 2.37. The monoisotopic (exact) mass is 345 g/mol. The Kier molecular flexibility index (Phi) is 5.87. The molecule has 1 unspecified atom stereocenters. The Balaban J connectivity index is 2.08.